The van der Waals surface area contributed by atoms with E-state index < -0.39 is 49.4 Å². The zero-order valence-electron chi connectivity index (χ0n) is 35.5. The third-order valence-corrected chi connectivity index (χ3v) is 11.0. The highest BCUT2D eigenvalue weighted by Gasteiger charge is 2.44. The fraction of sp³-hybridized carbons (Fsp3) is 0.956. The van der Waals surface area contributed by atoms with Gasteiger partial charge in [0, 0.05) is 12.8 Å². The maximum Gasteiger partial charge on any atom is 0.306 e. The summed E-state index contributed by atoms with van der Waals surface area (Å²) in [6.45, 7) is 3.46. The second kappa shape index (κ2) is 37.0. The van der Waals surface area contributed by atoms with Gasteiger partial charge in [-0.3, -0.25) is 9.59 Å². The summed E-state index contributed by atoms with van der Waals surface area (Å²) in [7, 11) is 0. The van der Waals surface area contributed by atoms with E-state index in [1.807, 2.05) is 0 Å². The highest BCUT2D eigenvalue weighted by molar-refractivity contribution is 5.70. The average molecular weight is 787 g/mol. The number of unbranched alkanes of at least 4 members (excludes halogenated alkanes) is 28. The third kappa shape index (κ3) is 28.7. The Morgan fingerprint density at radius 2 is 0.855 bits per heavy atom. The summed E-state index contributed by atoms with van der Waals surface area (Å²) in [5, 5.41) is 40.1. The van der Waals surface area contributed by atoms with Gasteiger partial charge >= 0.3 is 11.9 Å². The van der Waals surface area contributed by atoms with E-state index >= 15 is 0 Å². The largest absolute Gasteiger partial charge is 0.462 e. The minimum absolute atomic E-state index is 0.209. The second-order valence-electron chi connectivity index (χ2n) is 16.2. The number of rotatable bonds is 39. The summed E-state index contributed by atoms with van der Waals surface area (Å²) in [6, 6.07) is 0. The summed E-state index contributed by atoms with van der Waals surface area (Å²) < 4.78 is 22.2. The topological polar surface area (TPSA) is 152 Å². The molecule has 0 spiro atoms. The van der Waals surface area contributed by atoms with E-state index in [-0.39, 0.29) is 32.0 Å². The van der Waals surface area contributed by atoms with Crippen LogP contribution in [0.5, 0.6) is 0 Å². The van der Waals surface area contributed by atoms with Crippen LogP contribution in [-0.4, -0.2) is 89.0 Å². The highest BCUT2D eigenvalue weighted by Crippen LogP contribution is 2.23. The fourth-order valence-electron chi connectivity index (χ4n) is 7.31. The van der Waals surface area contributed by atoms with Crippen LogP contribution < -0.4 is 0 Å². The number of esters is 2. The Kier molecular flexibility index (Phi) is 34.8. The van der Waals surface area contributed by atoms with E-state index in [0.717, 1.165) is 38.5 Å². The van der Waals surface area contributed by atoms with E-state index in [2.05, 4.69) is 13.8 Å². The van der Waals surface area contributed by atoms with Crippen molar-refractivity contribution in [1.82, 2.24) is 0 Å². The first-order chi connectivity index (χ1) is 26.8. The van der Waals surface area contributed by atoms with Crippen LogP contribution in [0.3, 0.4) is 0 Å². The van der Waals surface area contributed by atoms with Gasteiger partial charge in [0.1, 0.15) is 31.0 Å². The number of carbonyl (C=O) groups excluding carboxylic acids is 2. The molecule has 1 aliphatic heterocycles. The van der Waals surface area contributed by atoms with Gasteiger partial charge in [-0.1, -0.05) is 194 Å². The Balaban J connectivity index is 2.30. The highest BCUT2D eigenvalue weighted by atomic mass is 16.7. The van der Waals surface area contributed by atoms with Crippen molar-refractivity contribution >= 4 is 11.9 Å². The molecular formula is C45H86O10. The first-order valence-electron chi connectivity index (χ1n) is 23.1. The maximum absolute atomic E-state index is 12.8. The van der Waals surface area contributed by atoms with Crippen LogP contribution in [-0.2, 0) is 28.5 Å². The van der Waals surface area contributed by atoms with Crippen LogP contribution in [0.4, 0.5) is 0 Å². The van der Waals surface area contributed by atoms with Crippen molar-refractivity contribution in [2.75, 3.05) is 19.8 Å². The Labute approximate surface area is 336 Å². The minimum Gasteiger partial charge on any atom is -0.462 e. The van der Waals surface area contributed by atoms with Gasteiger partial charge in [-0.15, -0.1) is 0 Å². The summed E-state index contributed by atoms with van der Waals surface area (Å²) in [5.74, 6) is -0.790. The Hall–Kier alpha value is -1.30. The normalized spacial score (nSPS) is 20.4. The van der Waals surface area contributed by atoms with Crippen molar-refractivity contribution in [3.63, 3.8) is 0 Å². The van der Waals surface area contributed by atoms with Gasteiger partial charge in [-0.2, -0.15) is 0 Å². The van der Waals surface area contributed by atoms with E-state index in [4.69, 9.17) is 18.9 Å². The molecule has 0 aromatic carbocycles. The summed E-state index contributed by atoms with van der Waals surface area (Å²) in [4.78, 5) is 25.3. The summed E-state index contributed by atoms with van der Waals surface area (Å²) >= 11 is 0. The summed E-state index contributed by atoms with van der Waals surface area (Å²) in [5.41, 5.74) is 0. The van der Waals surface area contributed by atoms with Crippen LogP contribution in [0.25, 0.3) is 0 Å². The molecule has 6 atom stereocenters. The standard InChI is InChI=1S/C45H86O10/c1-3-5-7-9-11-13-15-17-19-21-23-25-27-29-31-33-40(47)52-36-38(37-53-45-44(51)43(50)42(49)39(35-46)55-45)54-41(48)34-32-30-28-26-24-22-20-18-16-14-12-10-8-6-4-2/h38-39,42-46,49-51H,3-37H2,1-2H3/t38-,39-,42+,43+,44-,45+/m1/s1. The van der Waals surface area contributed by atoms with Gasteiger partial charge in [-0.25, -0.2) is 0 Å². The molecule has 0 aliphatic carbocycles. The smallest absolute Gasteiger partial charge is 0.306 e. The van der Waals surface area contributed by atoms with E-state index in [1.165, 1.54) is 148 Å². The van der Waals surface area contributed by atoms with Crippen molar-refractivity contribution in [1.29, 1.82) is 0 Å². The lowest BCUT2D eigenvalue weighted by Crippen LogP contribution is -2.59. The molecule has 0 aromatic heterocycles. The molecule has 0 aromatic rings. The van der Waals surface area contributed by atoms with Gasteiger partial charge in [0.25, 0.3) is 0 Å². The number of hydrogen-bond donors (Lipinski definition) is 4. The minimum atomic E-state index is -1.59. The first-order valence-corrected chi connectivity index (χ1v) is 23.1. The van der Waals surface area contributed by atoms with Gasteiger partial charge in [-0.05, 0) is 12.8 Å². The van der Waals surface area contributed by atoms with E-state index in [0.29, 0.717) is 6.42 Å². The van der Waals surface area contributed by atoms with Gasteiger partial charge < -0.3 is 39.4 Å². The predicted molar refractivity (Wildman–Crippen MR) is 220 cm³/mol. The lowest BCUT2D eigenvalue weighted by atomic mass is 9.99. The van der Waals surface area contributed by atoms with E-state index in [1.54, 1.807) is 0 Å². The molecule has 0 saturated carbocycles. The number of ether oxygens (including phenoxy) is 4. The maximum atomic E-state index is 12.8. The van der Waals surface area contributed by atoms with Crippen molar-refractivity contribution in [2.24, 2.45) is 0 Å². The zero-order valence-corrected chi connectivity index (χ0v) is 35.5. The monoisotopic (exact) mass is 787 g/mol. The lowest BCUT2D eigenvalue weighted by Gasteiger charge is -2.39. The summed E-state index contributed by atoms with van der Waals surface area (Å²) in [6.07, 6.45) is 29.6. The molecular weight excluding hydrogens is 700 g/mol. The molecule has 0 unspecified atom stereocenters. The lowest BCUT2D eigenvalue weighted by molar-refractivity contribution is -0.305. The van der Waals surface area contributed by atoms with Crippen molar-refractivity contribution in [3.05, 3.63) is 0 Å². The molecule has 10 heteroatoms. The van der Waals surface area contributed by atoms with Gasteiger partial charge in [0.05, 0.1) is 13.2 Å². The Morgan fingerprint density at radius 1 is 0.491 bits per heavy atom. The van der Waals surface area contributed by atoms with Crippen LogP contribution in [0.15, 0.2) is 0 Å². The molecule has 4 N–H and O–H groups in total. The van der Waals surface area contributed by atoms with Crippen LogP contribution >= 0.6 is 0 Å². The van der Waals surface area contributed by atoms with Crippen molar-refractivity contribution in [2.45, 2.75) is 256 Å². The van der Waals surface area contributed by atoms with Crippen molar-refractivity contribution in [3.8, 4) is 0 Å². The van der Waals surface area contributed by atoms with Crippen molar-refractivity contribution < 1.29 is 49.0 Å². The molecule has 1 saturated heterocycles. The van der Waals surface area contributed by atoms with Crippen LogP contribution in [0.1, 0.15) is 219 Å². The SMILES string of the molecule is CCCCCCCCCCCCCCCCCC(=O)OC[C@H](CO[C@H]1O[C@H](CO)[C@H](O)[C@H](O)[C@H]1O)OC(=O)CCCCCCCCCCCCCCCCC. The van der Waals surface area contributed by atoms with Crippen LogP contribution in [0, 0.1) is 0 Å². The van der Waals surface area contributed by atoms with E-state index in [9.17, 15) is 30.0 Å². The molecule has 0 amide bonds. The average Bonchev–Trinajstić information content (AvgIpc) is 3.18. The number of carbonyl (C=O) groups is 2. The number of aliphatic hydroxyl groups excluding tert-OH is 4. The Morgan fingerprint density at radius 3 is 1.24 bits per heavy atom. The molecule has 326 valence electrons. The molecule has 1 heterocycles. The predicted octanol–water partition coefficient (Wildman–Crippen LogP) is 9.78. The molecule has 1 rings (SSSR count). The molecule has 0 bridgehead atoms. The molecule has 1 aliphatic rings. The Bertz CT molecular complexity index is 871. The molecule has 10 nitrogen and oxygen atoms in total. The van der Waals surface area contributed by atoms with Gasteiger partial charge in [0.15, 0.2) is 12.4 Å². The van der Waals surface area contributed by atoms with Crippen LogP contribution in [0.2, 0.25) is 0 Å². The number of aliphatic hydroxyl groups is 4. The first kappa shape index (κ1) is 51.7. The van der Waals surface area contributed by atoms with Gasteiger partial charge in [0.2, 0.25) is 0 Å². The molecule has 0 radical (unpaired) electrons. The molecule has 55 heavy (non-hydrogen) atoms. The quantitative estimate of drug-likeness (QED) is 0.0350. The number of hydrogen-bond acceptors (Lipinski definition) is 10. The second-order valence-corrected chi connectivity index (χ2v) is 16.2. The molecule has 1 fully saturated rings. The zero-order chi connectivity index (χ0) is 40.2. The third-order valence-electron chi connectivity index (χ3n) is 11.0. The fourth-order valence-corrected chi connectivity index (χ4v) is 7.31.